The van der Waals surface area contributed by atoms with Gasteiger partial charge in [-0.05, 0) is 88.0 Å². The van der Waals surface area contributed by atoms with E-state index in [0.29, 0.717) is 25.7 Å². The van der Waals surface area contributed by atoms with Crippen LogP contribution >= 0.6 is 0 Å². The summed E-state index contributed by atoms with van der Waals surface area (Å²) in [6.07, 6.45) is 4.10. The molecule has 0 bridgehead atoms. The summed E-state index contributed by atoms with van der Waals surface area (Å²) in [5.74, 6) is -0.347. The average molecular weight is 549 g/mol. The Balaban J connectivity index is 1.64. The molecular formula is C30H44O9. The number of rotatable bonds is 8. The third-order valence-corrected chi connectivity index (χ3v) is 10.1. The summed E-state index contributed by atoms with van der Waals surface area (Å²) in [5, 5.41) is 11.7. The molecule has 0 amide bonds. The van der Waals surface area contributed by atoms with Crippen LogP contribution in [-0.4, -0.2) is 60.0 Å². The van der Waals surface area contributed by atoms with E-state index < -0.39 is 47.9 Å². The van der Waals surface area contributed by atoms with Gasteiger partial charge in [0.25, 0.3) is 0 Å². The highest BCUT2D eigenvalue weighted by atomic mass is 16.7. The van der Waals surface area contributed by atoms with Crippen molar-refractivity contribution in [3.63, 3.8) is 0 Å². The summed E-state index contributed by atoms with van der Waals surface area (Å²) in [4.78, 5) is 51.0. The van der Waals surface area contributed by atoms with Gasteiger partial charge in [-0.15, -0.1) is 0 Å². The lowest BCUT2D eigenvalue weighted by Crippen LogP contribution is -2.63. The second kappa shape index (κ2) is 11.2. The fourth-order valence-corrected chi connectivity index (χ4v) is 8.30. The molecule has 4 aliphatic rings. The van der Waals surface area contributed by atoms with Crippen molar-refractivity contribution in [2.45, 2.75) is 110 Å². The Hall–Kier alpha value is -2.42. The van der Waals surface area contributed by atoms with Crippen molar-refractivity contribution in [3.05, 3.63) is 11.6 Å². The van der Waals surface area contributed by atoms with Gasteiger partial charge in [0, 0.05) is 11.8 Å². The molecule has 0 heterocycles. The Morgan fingerprint density at radius 3 is 2.51 bits per heavy atom. The fraction of sp³-hybridized carbons (Fsp3) is 0.800. The van der Waals surface area contributed by atoms with Crippen molar-refractivity contribution in [2.24, 2.45) is 28.6 Å². The topological polar surface area (TPSA) is 125 Å². The molecule has 0 unspecified atom stereocenters. The number of fused-ring (bicyclic) bond motifs is 5. The maximum atomic E-state index is 13.9. The number of ketones is 2. The van der Waals surface area contributed by atoms with Crippen molar-refractivity contribution in [1.82, 2.24) is 0 Å². The maximum absolute atomic E-state index is 13.9. The minimum absolute atomic E-state index is 0.00286. The van der Waals surface area contributed by atoms with Crippen LogP contribution in [-0.2, 0) is 28.5 Å². The van der Waals surface area contributed by atoms with Gasteiger partial charge in [0.15, 0.2) is 18.0 Å². The van der Waals surface area contributed by atoms with E-state index in [0.717, 1.165) is 24.8 Å². The van der Waals surface area contributed by atoms with Gasteiger partial charge in [0.2, 0.25) is 5.78 Å². The monoisotopic (exact) mass is 548 g/mol. The van der Waals surface area contributed by atoms with Crippen molar-refractivity contribution in [2.75, 3.05) is 13.2 Å². The summed E-state index contributed by atoms with van der Waals surface area (Å²) in [7, 11) is 0. The van der Waals surface area contributed by atoms with E-state index in [1.165, 1.54) is 0 Å². The van der Waals surface area contributed by atoms with Crippen molar-refractivity contribution < 1.29 is 43.2 Å². The van der Waals surface area contributed by atoms with Crippen molar-refractivity contribution in [1.29, 1.82) is 0 Å². The van der Waals surface area contributed by atoms with Crippen LogP contribution in [0.25, 0.3) is 0 Å². The zero-order valence-corrected chi connectivity index (χ0v) is 24.0. The average Bonchev–Trinajstić information content (AvgIpc) is 3.14. The van der Waals surface area contributed by atoms with E-state index in [9.17, 15) is 24.3 Å². The minimum atomic E-state index is -1.61. The Labute approximate surface area is 231 Å². The number of allylic oxidation sites excluding steroid dienone is 1. The SMILES string of the molecule is CCCCOC(=O)O[C@]1(C(=O)COC(=O)OC(C)C)CC[C@H]2[C@@H]3CCC4=CC(=O)CC[C@]4(C)[C@H]3[C@@H](O)C[C@@]21C. The van der Waals surface area contributed by atoms with Crippen LogP contribution in [0.2, 0.25) is 0 Å². The second-order valence-corrected chi connectivity index (χ2v) is 12.6. The molecule has 9 nitrogen and oxygen atoms in total. The standard InChI is InChI=1S/C30H44O9/c1-6-7-14-36-27(35)39-30(24(33)17-37-26(34)38-18(2)3)13-11-22-21-9-8-19-15-20(31)10-12-28(19,4)25(21)23(32)16-29(22,30)5/h15,18,21-23,25,32H,6-14,16-17H2,1-5H3/t21-,22-,23-,25+,28-,29-,30-/m0/s1. The Morgan fingerprint density at radius 2 is 1.82 bits per heavy atom. The van der Waals surface area contributed by atoms with Gasteiger partial charge in [-0.25, -0.2) is 9.59 Å². The summed E-state index contributed by atoms with van der Waals surface area (Å²) in [5.41, 5.74) is -1.65. The fourth-order valence-electron chi connectivity index (χ4n) is 8.30. The molecule has 218 valence electrons. The Bertz CT molecular complexity index is 1020. The molecule has 0 spiro atoms. The molecule has 0 saturated heterocycles. The predicted molar refractivity (Wildman–Crippen MR) is 141 cm³/mol. The minimum Gasteiger partial charge on any atom is -0.434 e. The van der Waals surface area contributed by atoms with E-state index in [1.54, 1.807) is 19.9 Å². The zero-order chi connectivity index (χ0) is 28.6. The molecule has 0 radical (unpaired) electrons. The summed E-state index contributed by atoms with van der Waals surface area (Å²) >= 11 is 0. The number of Topliss-reactive ketones (excluding diaryl/α,β-unsaturated/α-hetero) is 1. The number of ether oxygens (including phenoxy) is 4. The van der Waals surface area contributed by atoms with Gasteiger partial charge in [0.05, 0.1) is 18.8 Å². The Morgan fingerprint density at radius 1 is 1.08 bits per heavy atom. The number of carbonyl (C=O) groups excluding carboxylic acids is 4. The van der Waals surface area contributed by atoms with Gasteiger partial charge in [-0.3, -0.25) is 9.59 Å². The highest BCUT2D eigenvalue weighted by Gasteiger charge is 2.70. The first-order valence-electron chi connectivity index (χ1n) is 14.5. The third-order valence-electron chi connectivity index (χ3n) is 10.1. The first-order valence-corrected chi connectivity index (χ1v) is 14.5. The number of hydrogen-bond donors (Lipinski definition) is 1. The van der Waals surface area contributed by atoms with Crippen LogP contribution in [0.15, 0.2) is 11.6 Å². The predicted octanol–water partition coefficient (Wildman–Crippen LogP) is 5.31. The molecule has 3 fully saturated rings. The second-order valence-electron chi connectivity index (χ2n) is 12.6. The van der Waals surface area contributed by atoms with Gasteiger partial charge in [-0.2, -0.15) is 0 Å². The number of unbranched alkanes of at least 4 members (excludes halogenated alkanes) is 1. The molecule has 0 aliphatic heterocycles. The molecular weight excluding hydrogens is 504 g/mol. The van der Waals surface area contributed by atoms with Crippen molar-refractivity contribution in [3.8, 4) is 0 Å². The molecule has 3 saturated carbocycles. The largest absolute Gasteiger partial charge is 0.509 e. The lowest BCUT2D eigenvalue weighted by Gasteiger charge is -2.60. The van der Waals surface area contributed by atoms with Crippen LogP contribution < -0.4 is 0 Å². The van der Waals surface area contributed by atoms with Gasteiger partial charge < -0.3 is 24.1 Å². The molecule has 1 N–H and O–H groups in total. The van der Waals surface area contributed by atoms with Gasteiger partial charge >= 0.3 is 12.3 Å². The molecule has 4 aliphatic carbocycles. The van der Waals surface area contributed by atoms with Gasteiger partial charge in [-0.1, -0.05) is 32.8 Å². The van der Waals surface area contributed by atoms with E-state index in [4.69, 9.17) is 18.9 Å². The molecule has 9 heteroatoms. The van der Waals surface area contributed by atoms with Crippen LogP contribution in [0.1, 0.15) is 92.4 Å². The molecule has 0 aromatic carbocycles. The maximum Gasteiger partial charge on any atom is 0.509 e. The van der Waals surface area contributed by atoms with Crippen LogP contribution in [0.3, 0.4) is 0 Å². The normalized spacial score (nSPS) is 37.2. The lowest BCUT2D eigenvalue weighted by molar-refractivity contribution is -0.187. The van der Waals surface area contributed by atoms with E-state index in [2.05, 4.69) is 6.92 Å². The lowest BCUT2D eigenvalue weighted by atomic mass is 9.45. The van der Waals surface area contributed by atoms with Crippen LogP contribution in [0.5, 0.6) is 0 Å². The van der Waals surface area contributed by atoms with Crippen molar-refractivity contribution >= 4 is 23.9 Å². The van der Waals surface area contributed by atoms with E-state index >= 15 is 0 Å². The molecule has 39 heavy (non-hydrogen) atoms. The summed E-state index contributed by atoms with van der Waals surface area (Å²) < 4.78 is 21.4. The third kappa shape index (κ3) is 5.23. The first-order chi connectivity index (χ1) is 18.4. The number of carbonyl (C=O) groups is 4. The highest BCUT2D eigenvalue weighted by Crippen LogP contribution is 2.68. The first kappa shape index (κ1) is 29.6. The molecule has 0 aromatic heterocycles. The van der Waals surface area contributed by atoms with Crippen LogP contribution in [0.4, 0.5) is 9.59 Å². The van der Waals surface area contributed by atoms with E-state index in [-0.39, 0.29) is 48.4 Å². The quantitative estimate of drug-likeness (QED) is 0.317. The molecule has 7 atom stereocenters. The van der Waals surface area contributed by atoms with E-state index in [1.807, 2.05) is 13.8 Å². The van der Waals surface area contributed by atoms with Gasteiger partial charge in [0.1, 0.15) is 0 Å². The smallest absolute Gasteiger partial charge is 0.434 e. The summed E-state index contributed by atoms with van der Waals surface area (Å²) in [6, 6.07) is 0. The molecule has 0 aromatic rings. The number of aliphatic hydroxyl groups excluding tert-OH is 1. The number of hydrogen-bond acceptors (Lipinski definition) is 9. The highest BCUT2D eigenvalue weighted by molar-refractivity contribution is 5.93. The Kier molecular flexibility index (Phi) is 8.50. The molecule has 4 rings (SSSR count). The summed E-state index contributed by atoms with van der Waals surface area (Å²) in [6.45, 7) is 8.99. The number of aliphatic hydroxyl groups is 1. The van der Waals surface area contributed by atoms with Crippen LogP contribution in [0, 0.1) is 28.6 Å². The zero-order valence-electron chi connectivity index (χ0n) is 24.0.